The molecule has 2 aliphatic heterocycles. The van der Waals surface area contributed by atoms with E-state index in [9.17, 15) is 22.8 Å². The first-order chi connectivity index (χ1) is 21.1. The SMILES string of the molecule is CCCN1CCc2c(sc(NC(=O)c3ccc(S(=O)(=O)N4CCCC(C(=O)OCC)C4)cc3)c2C(=O)N(CCC)CCC)C1. The van der Waals surface area contributed by atoms with Gasteiger partial charge in [0.2, 0.25) is 10.0 Å². The molecular formula is C32H46N4O6S2. The van der Waals surface area contributed by atoms with Gasteiger partial charge in [-0.3, -0.25) is 19.3 Å². The van der Waals surface area contributed by atoms with E-state index >= 15 is 0 Å². The first-order valence-electron chi connectivity index (χ1n) is 15.9. The van der Waals surface area contributed by atoms with Gasteiger partial charge in [0.25, 0.3) is 11.8 Å². The smallest absolute Gasteiger partial charge is 0.310 e. The third-order valence-electron chi connectivity index (χ3n) is 8.15. The number of amides is 2. The van der Waals surface area contributed by atoms with Crippen LogP contribution >= 0.6 is 11.3 Å². The lowest BCUT2D eigenvalue weighted by atomic mass is 10.0. The molecule has 0 spiro atoms. The maximum Gasteiger partial charge on any atom is 0.310 e. The largest absolute Gasteiger partial charge is 0.466 e. The summed E-state index contributed by atoms with van der Waals surface area (Å²) < 4.78 is 33.2. The molecule has 2 aliphatic rings. The number of sulfonamides is 1. The maximum absolute atomic E-state index is 13.9. The number of nitrogens with one attached hydrogen (secondary N) is 1. The number of nitrogens with zero attached hydrogens (tertiary/aromatic N) is 3. The van der Waals surface area contributed by atoms with Gasteiger partial charge < -0.3 is 15.0 Å². The van der Waals surface area contributed by atoms with E-state index in [1.165, 1.54) is 39.9 Å². The molecule has 2 aromatic rings. The number of fused-ring (bicyclic) bond motifs is 1. The van der Waals surface area contributed by atoms with Crippen LogP contribution in [-0.2, 0) is 32.5 Å². The molecule has 1 unspecified atom stereocenters. The Hall–Kier alpha value is -2.80. The van der Waals surface area contributed by atoms with Gasteiger partial charge in [-0.25, -0.2) is 8.42 Å². The minimum Gasteiger partial charge on any atom is -0.466 e. The van der Waals surface area contributed by atoms with Crippen LogP contribution in [0.1, 0.15) is 91.0 Å². The zero-order chi connectivity index (χ0) is 31.9. The van der Waals surface area contributed by atoms with Gasteiger partial charge in [-0.15, -0.1) is 11.3 Å². The van der Waals surface area contributed by atoms with Gasteiger partial charge >= 0.3 is 5.97 Å². The molecule has 1 aromatic heterocycles. The second kappa shape index (κ2) is 15.5. The van der Waals surface area contributed by atoms with Crippen LogP contribution in [0.5, 0.6) is 0 Å². The minimum atomic E-state index is -3.85. The normalized spacial score (nSPS) is 17.6. The number of benzene rings is 1. The fourth-order valence-corrected chi connectivity index (χ4v) is 8.81. The number of esters is 1. The highest BCUT2D eigenvalue weighted by Crippen LogP contribution is 2.38. The summed E-state index contributed by atoms with van der Waals surface area (Å²) in [5.74, 6) is -1.31. The van der Waals surface area contributed by atoms with Gasteiger partial charge in [0.15, 0.2) is 0 Å². The van der Waals surface area contributed by atoms with E-state index in [1.807, 2.05) is 4.90 Å². The molecule has 12 heteroatoms. The molecule has 0 bridgehead atoms. The van der Waals surface area contributed by atoms with E-state index in [4.69, 9.17) is 4.74 Å². The number of thiophene rings is 1. The number of hydrogen-bond donors (Lipinski definition) is 1. The summed E-state index contributed by atoms with van der Waals surface area (Å²) in [6.45, 7) is 12.6. The van der Waals surface area contributed by atoms with Crippen LogP contribution in [0.4, 0.5) is 5.00 Å². The van der Waals surface area contributed by atoms with Gasteiger partial charge in [0.1, 0.15) is 5.00 Å². The second-order valence-electron chi connectivity index (χ2n) is 11.5. The van der Waals surface area contributed by atoms with Crippen molar-refractivity contribution >= 4 is 44.1 Å². The molecule has 4 rings (SSSR count). The van der Waals surface area contributed by atoms with Crippen LogP contribution in [0.15, 0.2) is 29.2 Å². The second-order valence-corrected chi connectivity index (χ2v) is 14.5. The predicted octanol–water partition coefficient (Wildman–Crippen LogP) is 4.99. The van der Waals surface area contributed by atoms with Crippen LogP contribution in [0.25, 0.3) is 0 Å². The van der Waals surface area contributed by atoms with E-state index in [-0.39, 0.29) is 29.9 Å². The van der Waals surface area contributed by atoms with Crippen LogP contribution in [0, 0.1) is 5.92 Å². The highest BCUT2D eigenvalue weighted by molar-refractivity contribution is 7.89. The summed E-state index contributed by atoms with van der Waals surface area (Å²) in [6, 6.07) is 5.84. The molecule has 2 amide bonds. The lowest BCUT2D eigenvalue weighted by Crippen LogP contribution is -2.42. The van der Waals surface area contributed by atoms with Crippen molar-refractivity contribution in [3.8, 4) is 0 Å². The average molecular weight is 647 g/mol. The van der Waals surface area contributed by atoms with Gasteiger partial charge in [0.05, 0.1) is 23.0 Å². The molecule has 3 heterocycles. The Labute approximate surface area is 265 Å². The summed E-state index contributed by atoms with van der Waals surface area (Å²) in [5.41, 5.74) is 1.92. The molecule has 44 heavy (non-hydrogen) atoms. The molecule has 0 saturated carbocycles. The number of ether oxygens (including phenoxy) is 1. The van der Waals surface area contributed by atoms with E-state index in [1.54, 1.807) is 6.92 Å². The Balaban J connectivity index is 1.55. The van der Waals surface area contributed by atoms with Gasteiger partial charge in [0, 0.05) is 49.7 Å². The van der Waals surface area contributed by atoms with Crippen LogP contribution in [0.3, 0.4) is 0 Å². The van der Waals surface area contributed by atoms with Gasteiger partial charge in [-0.05, 0) is 81.8 Å². The monoisotopic (exact) mass is 646 g/mol. The summed E-state index contributed by atoms with van der Waals surface area (Å²) in [7, 11) is -3.85. The Morgan fingerprint density at radius 3 is 2.36 bits per heavy atom. The fraction of sp³-hybridized carbons (Fsp3) is 0.594. The summed E-state index contributed by atoms with van der Waals surface area (Å²) in [4.78, 5) is 45.0. The molecule has 1 saturated heterocycles. The van der Waals surface area contributed by atoms with Crippen LogP contribution < -0.4 is 5.32 Å². The molecule has 0 radical (unpaired) electrons. The lowest BCUT2D eigenvalue weighted by Gasteiger charge is -2.30. The van der Waals surface area contributed by atoms with Crippen molar-refractivity contribution in [2.45, 2.75) is 77.7 Å². The number of anilines is 1. The van der Waals surface area contributed by atoms with E-state index in [2.05, 4.69) is 31.0 Å². The molecule has 1 fully saturated rings. The van der Waals surface area contributed by atoms with Crippen molar-refractivity contribution < 1.29 is 27.5 Å². The topological polar surface area (TPSA) is 116 Å². The summed E-state index contributed by atoms with van der Waals surface area (Å²) in [5, 5.41) is 3.56. The Morgan fingerprint density at radius 2 is 1.73 bits per heavy atom. The third-order valence-corrected chi connectivity index (χ3v) is 11.2. The van der Waals surface area contributed by atoms with E-state index in [0.717, 1.165) is 55.8 Å². The molecule has 1 atom stereocenters. The van der Waals surface area contributed by atoms with Crippen molar-refractivity contribution in [1.82, 2.24) is 14.1 Å². The number of piperidine rings is 1. The highest BCUT2D eigenvalue weighted by atomic mass is 32.2. The molecule has 10 nitrogen and oxygen atoms in total. The number of rotatable bonds is 13. The lowest BCUT2D eigenvalue weighted by molar-refractivity contribution is -0.149. The van der Waals surface area contributed by atoms with Crippen molar-refractivity contribution in [1.29, 1.82) is 0 Å². The first-order valence-corrected chi connectivity index (χ1v) is 18.1. The Morgan fingerprint density at radius 1 is 1.02 bits per heavy atom. The van der Waals surface area contributed by atoms with Crippen molar-refractivity contribution in [3.63, 3.8) is 0 Å². The zero-order valence-corrected chi connectivity index (χ0v) is 28.0. The van der Waals surface area contributed by atoms with Crippen molar-refractivity contribution in [3.05, 3.63) is 45.8 Å². The van der Waals surface area contributed by atoms with E-state index in [0.29, 0.717) is 48.6 Å². The van der Waals surface area contributed by atoms with Crippen molar-refractivity contribution in [2.24, 2.45) is 5.92 Å². The van der Waals surface area contributed by atoms with Crippen LogP contribution in [0.2, 0.25) is 0 Å². The molecular weight excluding hydrogens is 601 g/mol. The summed E-state index contributed by atoms with van der Waals surface area (Å²) >= 11 is 1.47. The zero-order valence-electron chi connectivity index (χ0n) is 26.4. The molecule has 1 aromatic carbocycles. The fourth-order valence-electron chi connectivity index (χ4n) is 6.01. The number of hydrogen-bond acceptors (Lipinski definition) is 8. The number of carbonyl (C=O) groups is 3. The standard InChI is InChI=1S/C32H46N4O6S2/c1-5-16-34-20-15-26-27(22-34)43-30(28(26)31(38)35(17-6-2)18-7-3)33-29(37)23-11-13-25(14-12-23)44(40,41)36-19-9-10-24(21-36)32(39)42-8-4/h11-14,24H,5-10,15-22H2,1-4H3,(H,33,37). The Kier molecular flexibility index (Phi) is 12.0. The maximum atomic E-state index is 13.9. The molecule has 242 valence electrons. The highest BCUT2D eigenvalue weighted by Gasteiger charge is 2.34. The van der Waals surface area contributed by atoms with Crippen LogP contribution in [-0.4, -0.2) is 86.2 Å². The van der Waals surface area contributed by atoms with Gasteiger partial charge in [-0.1, -0.05) is 20.8 Å². The van der Waals surface area contributed by atoms with Gasteiger partial charge in [-0.2, -0.15) is 4.31 Å². The number of carbonyl (C=O) groups excluding carboxylic acids is 3. The molecule has 0 aliphatic carbocycles. The summed E-state index contributed by atoms with van der Waals surface area (Å²) in [6.07, 6.45) is 4.66. The minimum absolute atomic E-state index is 0.0467. The Bertz CT molecular complexity index is 1420. The third kappa shape index (κ3) is 7.70. The first kappa shape index (κ1) is 34.1. The average Bonchev–Trinajstić information content (AvgIpc) is 3.37. The molecule has 1 N–H and O–H groups in total. The van der Waals surface area contributed by atoms with Crippen molar-refractivity contribution in [2.75, 3.05) is 51.2 Å². The van der Waals surface area contributed by atoms with E-state index < -0.39 is 21.8 Å². The predicted molar refractivity (Wildman–Crippen MR) is 173 cm³/mol. The quantitative estimate of drug-likeness (QED) is 0.305.